The van der Waals surface area contributed by atoms with Crippen LogP contribution in [0.4, 0.5) is 33.6 Å². The van der Waals surface area contributed by atoms with Crippen LogP contribution in [0.1, 0.15) is 24.0 Å². The third kappa shape index (κ3) is 6.28. The first-order valence-electron chi connectivity index (χ1n) is 11.9. The number of carbonyl (C=O) groups is 1. The number of nitrogens with zero attached hydrogens (tertiary/aromatic N) is 3. The Morgan fingerprint density at radius 2 is 1.86 bits per heavy atom. The second-order valence-electron chi connectivity index (χ2n) is 9.03. The highest BCUT2D eigenvalue weighted by Gasteiger charge is 2.26. The number of hydrogen-bond acceptors (Lipinski definition) is 7. The average Bonchev–Trinajstić information content (AvgIpc) is 2.86. The maximum atomic E-state index is 12.8. The van der Waals surface area contributed by atoms with Gasteiger partial charge in [-0.1, -0.05) is 23.7 Å². The number of carbonyl (C=O) groups excluding carboxylic acids is 1. The Bertz CT molecular complexity index is 1430. The summed E-state index contributed by atoms with van der Waals surface area (Å²) in [7, 11) is -3.71. The minimum atomic E-state index is -3.71. The van der Waals surface area contributed by atoms with Gasteiger partial charge in [-0.05, 0) is 67.1 Å². The normalized spacial score (nSPS) is 16.3. The van der Waals surface area contributed by atoms with Crippen molar-refractivity contribution in [3.63, 3.8) is 0 Å². The van der Waals surface area contributed by atoms with Crippen LogP contribution in [-0.2, 0) is 23.1 Å². The number of aryl methyl sites for hydroxylation is 2. The van der Waals surface area contributed by atoms with Crippen LogP contribution in [0.25, 0.3) is 0 Å². The van der Waals surface area contributed by atoms with E-state index in [4.69, 9.17) is 16.7 Å². The molecule has 6 N–H and O–H groups in total. The number of urea groups is 1. The number of hydrogen-bond donors (Lipinski definition) is 5. The number of fused-ring (bicyclic) bond motifs is 6. The van der Waals surface area contributed by atoms with Gasteiger partial charge in [-0.3, -0.25) is 0 Å². The van der Waals surface area contributed by atoms with Gasteiger partial charge in [-0.15, -0.1) is 0 Å². The molecule has 3 aromatic rings. The van der Waals surface area contributed by atoms with Crippen molar-refractivity contribution in [2.45, 2.75) is 31.7 Å². The van der Waals surface area contributed by atoms with Crippen molar-refractivity contribution < 1.29 is 13.2 Å². The van der Waals surface area contributed by atoms with Crippen molar-refractivity contribution in [2.24, 2.45) is 5.14 Å². The van der Waals surface area contributed by atoms with E-state index in [1.165, 1.54) is 10.5 Å². The lowest BCUT2D eigenvalue weighted by Gasteiger charge is -2.30. The molecule has 2 aromatic carbocycles. The summed E-state index contributed by atoms with van der Waals surface area (Å²) in [6.45, 7) is 0.549. The highest BCUT2D eigenvalue weighted by molar-refractivity contribution is 7.86. The fraction of sp³-hybridized carbons (Fsp3) is 0.292. The van der Waals surface area contributed by atoms with Gasteiger partial charge in [0.05, 0.1) is 6.20 Å². The molecule has 0 radical (unpaired) electrons. The van der Waals surface area contributed by atoms with E-state index in [1.807, 2.05) is 36.4 Å². The standard InChI is InChI=1S/C24H27ClN8O3S/c25-20-14-27-23-29-18-3-1-2-15(12-18)4-5-16-13-19(28-22(20)32-23)6-7-21(16)31-24(34)30-17-8-10-33(11-9-17)37(26,35)36/h1-3,6-7,12-14,17H,4-5,8-11H2,(H2,26,35,36)(H2,30,31,34)(H2,27,28,29,32). The lowest BCUT2D eigenvalue weighted by molar-refractivity contribution is 0.238. The molecule has 0 aliphatic carbocycles. The molecular formula is C24H27ClN8O3S. The number of anilines is 5. The number of piperidine rings is 1. The van der Waals surface area contributed by atoms with Gasteiger partial charge in [0.25, 0.3) is 10.2 Å². The van der Waals surface area contributed by atoms with E-state index in [0.29, 0.717) is 41.7 Å². The lowest BCUT2D eigenvalue weighted by Crippen LogP contribution is -2.49. The first-order valence-corrected chi connectivity index (χ1v) is 13.7. The summed E-state index contributed by atoms with van der Waals surface area (Å²) < 4.78 is 24.3. The van der Waals surface area contributed by atoms with E-state index < -0.39 is 10.2 Å². The van der Waals surface area contributed by atoms with E-state index >= 15 is 0 Å². The Labute approximate surface area is 220 Å². The summed E-state index contributed by atoms with van der Waals surface area (Å²) in [5, 5.41) is 17.9. The predicted octanol–water partition coefficient (Wildman–Crippen LogP) is 3.51. The molecule has 37 heavy (non-hydrogen) atoms. The third-order valence-electron chi connectivity index (χ3n) is 6.38. The van der Waals surface area contributed by atoms with Gasteiger partial charge >= 0.3 is 6.03 Å². The molecule has 1 saturated heterocycles. The van der Waals surface area contributed by atoms with Gasteiger partial charge in [0.2, 0.25) is 5.95 Å². The molecule has 3 heterocycles. The van der Waals surface area contributed by atoms with E-state index in [0.717, 1.165) is 28.9 Å². The average molecular weight is 543 g/mol. The van der Waals surface area contributed by atoms with Crippen molar-refractivity contribution in [3.8, 4) is 0 Å². The number of rotatable bonds is 3. The smallest absolute Gasteiger partial charge is 0.319 e. The lowest BCUT2D eigenvalue weighted by atomic mass is 10.0. The summed E-state index contributed by atoms with van der Waals surface area (Å²) >= 11 is 6.34. The Kier molecular flexibility index (Phi) is 7.15. The van der Waals surface area contributed by atoms with Crippen molar-refractivity contribution in [1.82, 2.24) is 19.6 Å². The molecule has 2 aliphatic heterocycles. The maximum absolute atomic E-state index is 12.8. The van der Waals surface area contributed by atoms with Crippen LogP contribution in [-0.4, -0.2) is 47.9 Å². The monoisotopic (exact) mass is 542 g/mol. The van der Waals surface area contributed by atoms with Gasteiger partial charge in [-0.2, -0.15) is 17.7 Å². The van der Waals surface area contributed by atoms with Gasteiger partial charge in [0.1, 0.15) is 5.02 Å². The van der Waals surface area contributed by atoms with Crippen molar-refractivity contribution in [2.75, 3.05) is 29.0 Å². The van der Waals surface area contributed by atoms with Gasteiger partial charge in [0, 0.05) is 36.2 Å². The van der Waals surface area contributed by atoms with Gasteiger partial charge in [0.15, 0.2) is 5.82 Å². The molecule has 5 rings (SSSR count). The number of nitrogens with one attached hydrogen (secondary N) is 4. The van der Waals surface area contributed by atoms with E-state index in [9.17, 15) is 13.2 Å². The molecule has 194 valence electrons. The second-order valence-corrected chi connectivity index (χ2v) is 11.0. The molecule has 0 spiro atoms. The maximum Gasteiger partial charge on any atom is 0.319 e. The number of benzene rings is 2. The first kappa shape index (κ1) is 25.2. The van der Waals surface area contributed by atoms with Crippen LogP contribution in [0.15, 0.2) is 48.7 Å². The Hall–Kier alpha value is -3.45. The van der Waals surface area contributed by atoms with Crippen molar-refractivity contribution in [3.05, 3.63) is 64.8 Å². The fourth-order valence-corrected chi connectivity index (χ4v) is 5.32. The van der Waals surface area contributed by atoms with Crippen molar-refractivity contribution >= 4 is 56.7 Å². The zero-order valence-electron chi connectivity index (χ0n) is 19.9. The SMILES string of the molecule is NS(=O)(=O)N1CCC(NC(=O)Nc2ccc3cc2CCc2cccc(c2)Nc2ncc(Cl)c(n2)N3)CC1. The minimum Gasteiger partial charge on any atom is -0.339 e. The second kappa shape index (κ2) is 10.5. The Balaban J connectivity index is 1.35. The van der Waals surface area contributed by atoms with Crippen LogP contribution < -0.4 is 26.4 Å². The summed E-state index contributed by atoms with van der Waals surface area (Å²) in [6, 6.07) is 13.2. The zero-order chi connectivity index (χ0) is 26.0. The molecule has 2 amide bonds. The Morgan fingerprint density at radius 1 is 1.08 bits per heavy atom. The zero-order valence-corrected chi connectivity index (χ0v) is 21.4. The minimum absolute atomic E-state index is 0.145. The molecule has 0 atom stereocenters. The van der Waals surface area contributed by atoms with Crippen LogP contribution in [0.2, 0.25) is 5.02 Å². The first-order chi connectivity index (χ1) is 17.7. The molecule has 1 aromatic heterocycles. The van der Waals surface area contributed by atoms with Gasteiger partial charge in [-0.25, -0.2) is 14.9 Å². The fourth-order valence-electron chi connectivity index (χ4n) is 4.46. The number of amides is 2. The molecule has 6 bridgehead atoms. The molecule has 11 nitrogen and oxygen atoms in total. The largest absolute Gasteiger partial charge is 0.339 e. The number of nitrogens with two attached hydrogens (primary N) is 1. The molecule has 0 saturated carbocycles. The van der Waals surface area contributed by atoms with Crippen LogP contribution in [0.3, 0.4) is 0 Å². The summed E-state index contributed by atoms with van der Waals surface area (Å²) in [4.78, 5) is 21.6. The molecule has 13 heteroatoms. The van der Waals surface area contributed by atoms with Crippen LogP contribution >= 0.6 is 11.6 Å². The van der Waals surface area contributed by atoms with E-state index in [-0.39, 0.29) is 25.2 Å². The quantitative estimate of drug-likeness (QED) is 0.339. The topological polar surface area (TPSA) is 154 Å². The summed E-state index contributed by atoms with van der Waals surface area (Å²) in [6.07, 6.45) is 3.95. The van der Waals surface area contributed by atoms with E-state index in [1.54, 1.807) is 0 Å². The molecule has 2 aliphatic rings. The van der Waals surface area contributed by atoms with Gasteiger partial charge < -0.3 is 21.3 Å². The van der Waals surface area contributed by atoms with Crippen LogP contribution in [0, 0.1) is 0 Å². The highest BCUT2D eigenvalue weighted by Crippen LogP contribution is 2.29. The van der Waals surface area contributed by atoms with Crippen molar-refractivity contribution in [1.29, 1.82) is 0 Å². The molecule has 0 unspecified atom stereocenters. The highest BCUT2D eigenvalue weighted by atomic mass is 35.5. The Morgan fingerprint density at radius 3 is 2.65 bits per heavy atom. The van der Waals surface area contributed by atoms with Crippen LogP contribution in [0.5, 0.6) is 0 Å². The number of halogens is 1. The van der Waals surface area contributed by atoms with E-state index in [2.05, 4.69) is 37.3 Å². The summed E-state index contributed by atoms with van der Waals surface area (Å²) in [5.41, 5.74) is 4.38. The molecule has 1 fully saturated rings. The predicted molar refractivity (Wildman–Crippen MR) is 144 cm³/mol. The number of aromatic nitrogens is 2. The molecular weight excluding hydrogens is 516 g/mol. The summed E-state index contributed by atoms with van der Waals surface area (Å²) in [5.74, 6) is 0.887. The third-order valence-corrected chi connectivity index (χ3v) is 7.74.